The highest BCUT2D eigenvalue weighted by Gasteiger charge is 2.28. The summed E-state index contributed by atoms with van der Waals surface area (Å²) in [7, 11) is 0. The van der Waals surface area contributed by atoms with Crippen molar-refractivity contribution in [3.8, 4) is 0 Å². The summed E-state index contributed by atoms with van der Waals surface area (Å²) in [6, 6.07) is 1.74. The zero-order valence-electron chi connectivity index (χ0n) is 11.4. The van der Waals surface area contributed by atoms with Crippen LogP contribution in [0, 0.1) is 5.92 Å². The van der Waals surface area contributed by atoms with E-state index in [1.165, 1.54) is 6.26 Å². The maximum Gasteiger partial charge on any atom is 0.308 e. The zero-order chi connectivity index (χ0) is 14.5. The Hall–Kier alpha value is -1.30. The standard InChI is InChI=1S/C14H18BrNO4/c1-2-19-14(18)9-3-5-10(6-4-9)16-13(17)11-7-8-20-12(11)15/h7-10H,2-6H2,1H3,(H,16,17). The third-order valence-electron chi connectivity index (χ3n) is 3.54. The fraction of sp³-hybridized carbons (Fsp3) is 0.571. The van der Waals surface area contributed by atoms with Gasteiger partial charge in [0, 0.05) is 6.04 Å². The van der Waals surface area contributed by atoms with E-state index in [2.05, 4.69) is 21.2 Å². The molecule has 110 valence electrons. The minimum atomic E-state index is -0.148. The molecule has 1 aliphatic rings. The molecule has 1 heterocycles. The van der Waals surface area contributed by atoms with E-state index >= 15 is 0 Å². The number of ether oxygens (including phenoxy) is 1. The zero-order valence-corrected chi connectivity index (χ0v) is 12.9. The molecule has 0 radical (unpaired) electrons. The molecule has 2 rings (SSSR count). The van der Waals surface area contributed by atoms with Gasteiger partial charge in [0.05, 0.1) is 24.4 Å². The van der Waals surface area contributed by atoms with Gasteiger partial charge in [0.15, 0.2) is 4.67 Å². The van der Waals surface area contributed by atoms with Crippen LogP contribution in [-0.4, -0.2) is 24.5 Å². The molecule has 20 heavy (non-hydrogen) atoms. The Balaban J connectivity index is 1.81. The van der Waals surface area contributed by atoms with Crippen LogP contribution in [0.15, 0.2) is 21.4 Å². The number of rotatable bonds is 4. The molecular weight excluding hydrogens is 326 g/mol. The van der Waals surface area contributed by atoms with Crippen LogP contribution in [-0.2, 0) is 9.53 Å². The molecule has 1 aromatic rings. The third kappa shape index (κ3) is 3.62. The summed E-state index contributed by atoms with van der Waals surface area (Å²) in [4.78, 5) is 23.7. The number of hydrogen-bond donors (Lipinski definition) is 1. The lowest BCUT2D eigenvalue weighted by Gasteiger charge is -2.27. The molecule has 0 atom stereocenters. The molecule has 0 aliphatic heterocycles. The minimum Gasteiger partial charge on any atom is -0.466 e. The number of hydrogen-bond acceptors (Lipinski definition) is 4. The van der Waals surface area contributed by atoms with Crippen molar-refractivity contribution in [3.63, 3.8) is 0 Å². The number of halogens is 1. The molecule has 5 nitrogen and oxygen atoms in total. The molecule has 1 N–H and O–H groups in total. The summed E-state index contributed by atoms with van der Waals surface area (Å²) in [6.07, 6.45) is 4.58. The molecule has 0 saturated heterocycles. The fourth-order valence-electron chi connectivity index (χ4n) is 2.45. The van der Waals surface area contributed by atoms with Gasteiger partial charge in [0.25, 0.3) is 5.91 Å². The van der Waals surface area contributed by atoms with Gasteiger partial charge in [0.1, 0.15) is 0 Å². The predicted octanol–water partition coefficient (Wildman–Crippen LogP) is 2.89. The number of amides is 1. The normalized spacial score (nSPS) is 22.3. The van der Waals surface area contributed by atoms with Crippen LogP contribution in [0.5, 0.6) is 0 Å². The van der Waals surface area contributed by atoms with Crippen molar-refractivity contribution >= 4 is 27.8 Å². The summed E-state index contributed by atoms with van der Waals surface area (Å²) in [5.41, 5.74) is 0.498. The summed E-state index contributed by atoms with van der Waals surface area (Å²) < 4.78 is 10.5. The van der Waals surface area contributed by atoms with Gasteiger partial charge in [-0.15, -0.1) is 0 Å². The molecule has 1 aromatic heterocycles. The van der Waals surface area contributed by atoms with E-state index in [1.807, 2.05) is 6.92 Å². The number of furan rings is 1. The molecule has 1 saturated carbocycles. The SMILES string of the molecule is CCOC(=O)C1CCC(NC(=O)c2ccoc2Br)CC1. The van der Waals surface area contributed by atoms with Crippen molar-refractivity contribution in [2.45, 2.75) is 38.6 Å². The van der Waals surface area contributed by atoms with Crippen molar-refractivity contribution < 1.29 is 18.7 Å². The van der Waals surface area contributed by atoms with Crippen molar-refractivity contribution in [2.75, 3.05) is 6.61 Å². The number of esters is 1. The highest BCUT2D eigenvalue weighted by atomic mass is 79.9. The Labute approximate surface area is 126 Å². The molecule has 0 spiro atoms. The Kier molecular flexibility index (Phi) is 5.23. The smallest absolute Gasteiger partial charge is 0.308 e. The van der Waals surface area contributed by atoms with Crippen LogP contribution in [0.2, 0.25) is 0 Å². The van der Waals surface area contributed by atoms with Crippen LogP contribution in [0.4, 0.5) is 0 Å². The number of nitrogens with one attached hydrogen (secondary N) is 1. The van der Waals surface area contributed by atoms with Gasteiger partial charge in [-0.2, -0.15) is 0 Å². The number of carbonyl (C=O) groups is 2. The van der Waals surface area contributed by atoms with E-state index in [9.17, 15) is 9.59 Å². The summed E-state index contributed by atoms with van der Waals surface area (Å²) in [5.74, 6) is -0.288. The van der Waals surface area contributed by atoms with Gasteiger partial charge < -0.3 is 14.5 Å². The van der Waals surface area contributed by atoms with Gasteiger partial charge >= 0.3 is 5.97 Å². The first-order chi connectivity index (χ1) is 9.61. The van der Waals surface area contributed by atoms with Crippen molar-refractivity contribution in [2.24, 2.45) is 5.92 Å². The Morgan fingerprint density at radius 1 is 1.40 bits per heavy atom. The molecule has 1 aliphatic carbocycles. The van der Waals surface area contributed by atoms with Crippen LogP contribution in [0.3, 0.4) is 0 Å². The first kappa shape index (κ1) is 15.1. The molecule has 1 amide bonds. The maximum absolute atomic E-state index is 12.0. The van der Waals surface area contributed by atoms with E-state index in [1.54, 1.807) is 6.07 Å². The second-order valence-electron chi connectivity index (χ2n) is 4.88. The first-order valence-corrected chi connectivity index (χ1v) is 7.61. The molecular formula is C14H18BrNO4. The average Bonchev–Trinajstić information content (AvgIpc) is 2.86. The quantitative estimate of drug-likeness (QED) is 0.853. The lowest BCUT2D eigenvalue weighted by molar-refractivity contribution is -0.149. The summed E-state index contributed by atoms with van der Waals surface area (Å²) in [6.45, 7) is 2.23. The van der Waals surface area contributed by atoms with Crippen LogP contribution in [0.25, 0.3) is 0 Å². The second kappa shape index (κ2) is 6.92. The van der Waals surface area contributed by atoms with E-state index in [4.69, 9.17) is 9.15 Å². The molecule has 6 heteroatoms. The van der Waals surface area contributed by atoms with Gasteiger partial charge in [0.2, 0.25) is 0 Å². The van der Waals surface area contributed by atoms with Crippen molar-refractivity contribution in [1.29, 1.82) is 0 Å². The molecule has 0 bridgehead atoms. The van der Waals surface area contributed by atoms with Gasteiger partial charge in [-0.25, -0.2) is 0 Å². The lowest BCUT2D eigenvalue weighted by Crippen LogP contribution is -2.39. The maximum atomic E-state index is 12.0. The summed E-state index contributed by atoms with van der Waals surface area (Å²) in [5, 5.41) is 2.97. The fourth-order valence-corrected chi connectivity index (χ4v) is 2.87. The van der Waals surface area contributed by atoms with Gasteiger partial charge in [-0.3, -0.25) is 9.59 Å². The van der Waals surface area contributed by atoms with Gasteiger partial charge in [-0.1, -0.05) is 0 Å². The Morgan fingerprint density at radius 2 is 2.10 bits per heavy atom. The predicted molar refractivity (Wildman–Crippen MR) is 76.3 cm³/mol. The van der Waals surface area contributed by atoms with Crippen LogP contribution >= 0.6 is 15.9 Å². The highest BCUT2D eigenvalue weighted by Crippen LogP contribution is 2.26. The van der Waals surface area contributed by atoms with Crippen LogP contribution in [0.1, 0.15) is 43.0 Å². The van der Waals surface area contributed by atoms with E-state index in [0.717, 1.165) is 25.7 Å². The van der Waals surface area contributed by atoms with E-state index < -0.39 is 0 Å². The molecule has 1 fully saturated rings. The van der Waals surface area contributed by atoms with Crippen molar-refractivity contribution in [3.05, 3.63) is 22.6 Å². The molecule has 0 aromatic carbocycles. The Morgan fingerprint density at radius 3 is 2.65 bits per heavy atom. The summed E-state index contributed by atoms with van der Waals surface area (Å²) >= 11 is 3.19. The second-order valence-corrected chi connectivity index (χ2v) is 5.60. The first-order valence-electron chi connectivity index (χ1n) is 6.82. The highest BCUT2D eigenvalue weighted by molar-refractivity contribution is 9.10. The third-order valence-corrected chi connectivity index (χ3v) is 4.16. The van der Waals surface area contributed by atoms with Crippen LogP contribution < -0.4 is 5.32 Å². The van der Waals surface area contributed by atoms with Gasteiger partial charge in [-0.05, 0) is 54.6 Å². The average molecular weight is 344 g/mol. The largest absolute Gasteiger partial charge is 0.466 e. The van der Waals surface area contributed by atoms with E-state index in [-0.39, 0.29) is 23.8 Å². The Bertz CT molecular complexity index is 477. The van der Waals surface area contributed by atoms with Crippen molar-refractivity contribution in [1.82, 2.24) is 5.32 Å². The minimum absolute atomic E-state index is 0.0243. The lowest BCUT2D eigenvalue weighted by atomic mass is 9.86. The monoisotopic (exact) mass is 343 g/mol. The number of carbonyl (C=O) groups excluding carboxylic acids is 2. The molecule has 0 unspecified atom stereocenters. The topological polar surface area (TPSA) is 68.5 Å². The van der Waals surface area contributed by atoms with E-state index in [0.29, 0.717) is 16.8 Å².